The molecule has 18 heavy (non-hydrogen) atoms. The molecule has 0 spiro atoms. The van der Waals surface area contributed by atoms with Crippen LogP contribution in [0.25, 0.3) is 0 Å². The zero-order valence-electron chi connectivity index (χ0n) is 10.8. The molecule has 1 aliphatic heterocycles. The number of hydrogen-bond donors (Lipinski definition) is 2. The van der Waals surface area contributed by atoms with E-state index in [9.17, 15) is 9.50 Å². The quantitative estimate of drug-likeness (QED) is 0.863. The Bertz CT molecular complexity index is 401. The number of anilines is 1. The molecule has 2 rings (SSSR count). The fourth-order valence-electron chi connectivity index (χ4n) is 2.54. The Labute approximate surface area is 107 Å². The smallest absolute Gasteiger partial charge is 0.129 e. The van der Waals surface area contributed by atoms with Crippen LogP contribution in [0.3, 0.4) is 0 Å². The summed E-state index contributed by atoms with van der Waals surface area (Å²) in [6.45, 7) is 3.82. The van der Waals surface area contributed by atoms with Crippen molar-refractivity contribution in [2.45, 2.75) is 32.4 Å². The van der Waals surface area contributed by atoms with Gasteiger partial charge in [-0.15, -0.1) is 0 Å². The zero-order chi connectivity index (χ0) is 13.1. The van der Waals surface area contributed by atoms with Gasteiger partial charge in [0.2, 0.25) is 0 Å². The molecule has 1 atom stereocenters. The lowest BCUT2D eigenvalue weighted by molar-refractivity contribution is 0.110. The first-order valence-corrected chi connectivity index (χ1v) is 6.53. The molecule has 1 fully saturated rings. The SMILES string of the molecule is CC(O)C1CCN(c2ccc(CN)c(F)c2)CC1. The van der Waals surface area contributed by atoms with Crippen LogP contribution in [0.2, 0.25) is 0 Å². The molecule has 1 aliphatic rings. The maximum atomic E-state index is 13.7. The maximum Gasteiger partial charge on any atom is 0.129 e. The summed E-state index contributed by atoms with van der Waals surface area (Å²) >= 11 is 0. The lowest BCUT2D eigenvalue weighted by atomic mass is 9.92. The number of piperidine rings is 1. The second-order valence-electron chi connectivity index (χ2n) is 5.04. The molecule has 0 aromatic heterocycles. The van der Waals surface area contributed by atoms with Gasteiger partial charge in [0.15, 0.2) is 0 Å². The lowest BCUT2D eigenvalue weighted by Crippen LogP contribution is -2.37. The van der Waals surface area contributed by atoms with E-state index >= 15 is 0 Å². The molecule has 3 N–H and O–H groups in total. The van der Waals surface area contributed by atoms with Crippen molar-refractivity contribution in [3.05, 3.63) is 29.6 Å². The van der Waals surface area contributed by atoms with Crippen molar-refractivity contribution < 1.29 is 9.50 Å². The summed E-state index contributed by atoms with van der Waals surface area (Å²) in [6, 6.07) is 5.24. The summed E-state index contributed by atoms with van der Waals surface area (Å²) in [6.07, 6.45) is 1.67. The Balaban J connectivity index is 2.03. The summed E-state index contributed by atoms with van der Waals surface area (Å²) < 4.78 is 13.7. The first-order valence-electron chi connectivity index (χ1n) is 6.53. The van der Waals surface area contributed by atoms with E-state index in [4.69, 9.17) is 5.73 Å². The lowest BCUT2D eigenvalue weighted by Gasteiger charge is -2.34. The third kappa shape index (κ3) is 2.82. The number of halogens is 1. The normalized spacial score (nSPS) is 19.0. The fourth-order valence-corrected chi connectivity index (χ4v) is 2.54. The zero-order valence-corrected chi connectivity index (χ0v) is 10.8. The molecular formula is C14H21FN2O. The van der Waals surface area contributed by atoms with Crippen LogP contribution in [0.5, 0.6) is 0 Å². The van der Waals surface area contributed by atoms with Crippen molar-refractivity contribution >= 4 is 5.69 Å². The molecule has 1 saturated heterocycles. The van der Waals surface area contributed by atoms with Crippen LogP contribution in [0.15, 0.2) is 18.2 Å². The number of benzene rings is 1. The van der Waals surface area contributed by atoms with Gasteiger partial charge in [0.25, 0.3) is 0 Å². The van der Waals surface area contributed by atoms with Gasteiger partial charge in [-0.25, -0.2) is 4.39 Å². The Kier molecular flexibility index (Phi) is 4.19. The molecule has 0 radical (unpaired) electrons. The highest BCUT2D eigenvalue weighted by Crippen LogP contribution is 2.26. The number of nitrogens with zero attached hydrogens (tertiary/aromatic N) is 1. The van der Waals surface area contributed by atoms with E-state index in [0.29, 0.717) is 11.5 Å². The third-order valence-electron chi connectivity index (χ3n) is 3.84. The van der Waals surface area contributed by atoms with Crippen molar-refractivity contribution in [3.63, 3.8) is 0 Å². The average molecular weight is 252 g/mol. The third-order valence-corrected chi connectivity index (χ3v) is 3.84. The Hall–Kier alpha value is -1.13. The summed E-state index contributed by atoms with van der Waals surface area (Å²) in [5.74, 6) is 0.141. The average Bonchev–Trinajstić information content (AvgIpc) is 2.38. The van der Waals surface area contributed by atoms with Gasteiger partial charge in [-0.05, 0) is 37.8 Å². The van der Waals surface area contributed by atoms with Crippen LogP contribution in [-0.4, -0.2) is 24.3 Å². The largest absolute Gasteiger partial charge is 0.393 e. The van der Waals surface area contributed by atoms with Crippen LogP contribution < -0.4 is 10.6 Å². The van der Waals surface area contributed by atoms with Gasteiger partial charge >= 0.3 is 0 Å². The minimum atomic E-state index is -0.247. The van der Waals surface area contributed by atoms with Gasteiger partial charge in [-0.3, -0.25) is 0 Å². The topological polar surface area (TPSA) is 49.5 Å². The van der Waals surface area contributed by atoms with Gasteiger partial charge in [-0.2, -0.15) is 0 Å². The number of nitrogens with two attached hydrogens (primary N) is 1. The highest BCUT2D eigenvalue weighted by atomic mass is 19.1. The Morgan fingerprint density at radius 2 is 2.11 bits per heavy atom. The number of rotatable bonds is 3. The van der Waals surface area contributed by atoms with Crippen molar-refractivity contribution in [1.29, 1.82) is 0 Å². The van der Waals surface area contributed by atoms with Gasteiger partial charge < -0.3 is 15.7 Å². The fraction of sp³-hybridized carbons (Fsp3) is 0.571. The Morgan fingerprint density at radius 1 is 1.44 bits per heavy atom. The molecule has 0 saturated carbocycles. The molecule has 1 heterocycles. The van der Waals surface area contributed by atoms with Crippen molar-refractivity contribution in [2.75, 3.05) is 18.0 Å². The predicted molar refractivity (Wildman–Crippen MR) is 70.9 cm³/mol. The highest BCUT2D eigenvalue weighted by Gasteiger charge is 2.23. The molecule has 0 aliphatic carbocycles. The van der Waals surface area contributed by atoms with Crippen LogP contribution >= 0.6 is 0 Å². The van der Waals surface area contributed by atoms with E-state index in [-0.39, 0.29) is 18.5 Å². The molecule has 1 aromatic carbocycles. The predicted octanol–water partition coefficient (Wildman–Crippen LogP) is 1.88. The molecular weight excluding hydrogens is 231 g/mol. The van der Waals surface area contributed by atoms with Crippen LogP contribution in [0, 0.1) is 11.7 Å². The molecule has 0 amide bonds. The highest BCUT2D eigenvalue weighted by molar-refractivity contribution is 5.48. The summed E-state index contributed by atoms with van der Waals surface area (Å²) in [4.78, 5) is 2.17. The minimum Gasteiger partial charge on any atom is -0.393 e. The molecule has 0 bridgehead atoms. The summed E-state index contributed by atoms with van der Waals surface area (Å²) in [5, 5.41) is 9.55. The number of aliphatic hydroxyl groups excluding tert-OH is 1. The van der Waals surface area contributed by atoms with E-state index in [0.717, 1.165) is 31.6 Å². The van der Waals surface area contributed by atoms with Gasteiger partial charge in [0.1, 0.15) is 5.82 Å². The van der Waals surface area contributed by atoms with E-state index < -0.39 is 0 Å². The van der Waals surface area contributed by atoms with E-state index in [1.165, 1.54) is 0 Å². The van der Waals surface area contributed by atoms with E-state index in [2.05, 4.69) is 4.90 Å². The van der Waals surface area contributed by atoms with Crippen LogP contribution in [0.1, 0.15) is 25.3 Å². The molecule has 100 valence electrons. The van der Waals surface area contributed by atoms with Gasteiger partial charge in [-0.1, -0.05) is 6.07 Å². The molecule has 3 nitrogen and oxygen atoms in total. The number of aliphatic hydroxyl groups is 1. The van der Waals surface area contributed by atoms with Crippen molar-refractivity contribution in [2.24, 2.45) is 11.7 Å². The van der Waals surface area contributed by atoms with Gasteiger partial charge in [0.05, 0.1) is 6.10 Å². The monoisotopic (exact) mass is 252 g/mol. The molecule has 4 heteroatoms. The second-order valence-corrected chi connectivity index (χ2v) is 5.04. The maximum absolute atomic E-state index is 13.7. The Morgan fingerprint density at radius 3 is 2.61 bits per heavy atom. The van der Waals surface area contributed by atoms with E-state index in [1.54, 1.807) is 12.1 Å². The second kappa shape index (κ2) is 5.67. The van der Waals surface area contributed by atoms with Crippen LogP contribution in [0.4, 0.5) is 10.1 Å². The van der Waals surface area contributed by atoms with E-state index in [1.807, 2.05) is 13.0 Å². The van der Waals surface area contributed by atoms with Crippen molar-refractivity contribution in [1.82, 2.24) is 0 Å². The minimum absolute atomic E-state index is 0.229. The standard InChI is InChI=1S/C14H21FN2O/c1-10(18)11-4-6-17(7-5-11)13-3-2-12(9-16)14(15)8-13/h2-3,8,10-11,18H,4-7,9,16H2,1H3. The number of hydrogen-bond acceptors (Lipinski definition) is 3. The summed E-state index contributed by atoms with van der Waals surface area (Å²) in [7, 11) is 0. The van der Waals surface area contributed by atoms with Crippen molar-refractivity contribution in [3.8, 4) is 0 Å². The van der Waals surface area contributed by atoms with Crippen LogP contribution in [-0.2, 0) is 6.54 Å². The molecule has 1 unspecified atom stereocenters. The summed E-state index contributed by atoms with van der Waals surface area (Å²) in [5.41, 5.74) is 6.91. The first kappa shape index (κ1) is 13.3. The van der Waals surface area contributed by atoms with Gasteiger partial charge in [0, 0.05) is 30.9 Å². The molecule has 1 aromatic rings. The first-order chi connectivity index (χ1) is 8.61.